The zero-order chi connectivity index (χ0) is 44.5. The van der Waals surface area contributed by atoms with Gasteiger partial charge in [0, 0.05) is 19.3 Å². The van der Waals surface area contributed by atoms with Gasteiger partial charge in [-0.05, 0) is 25.2 Å². The molecular weight excluding hydrogens is 757 g/mol. The van der Waals surface area contributed by atoms with Crippen LogP contribution in [0.25, 0.3) is 0 Å². The van der Waals surface area contributed by atoms with E-state index in [1.54, 1.807) is 0 Å². The predicted octanol–water partition coefficient (Wildman–Crippen LogP) is 17.8. The molecule has 0 aromatic heterocycles. The molecule has 0 radical (unpaired) electrons. The lowest BCUT2D eigenvalue weighted by Crippen LogP contribution is -2.30. The standard InChI is InChI=1S/C55H106O6/c1-5-7-9-11-13-15-17-18-19-20-21-22-23-28-32-36-40-44-48-55(58)61-52(49-59-53(56)46-42-38-34-30-16-14-12-10-8-6-2)50-60-54(57)47-43-39-35-31-27-25-24-26-29-33-37-41-45-51(3)4/h51-52H,5-50H2,1-4H3/t52-/m0/s1. The van der Waals surface area contributed by atoms with Crippen LogP contribution in [0.1, 0.15) is 310 Å². The molecule has 0 amide bonds. The first-order valence-corrected chi connectivity index (χ1v) is 27.4. The summed E-state index contributed by atoms with van der Waals surface area (Å²) in [5.74, 6) is -0.00797. The number of carbonyl (C=O) groups is 3. The van der Waals surface area contributed by atoms with Crippen LogP contribution in [0.15, 0.2) is 0 Å². The Morgan fingerprint density at radius 1 is 0.311 bits per heavy atom. The fourth-order valence-corrected chi connectivity index (χ4v) is 8.39. The Balaban J connectivity index is 4.26. The van der Waals surface area contributed by atoms with Crippen molar-refractivity contribution in [1.29, 1.82) is 0 Å². The molecule has 0 saturated carbocycles. The minimum atomic E-state index is -0.760. The van der Waals surface area contributed by atoms with Gasteiger partial charge in [0.15, 0.2) is 6.10 Å². The monoisotopic (exact) mass is 863 g/mol. The second kappa shape index (κ2) is 49.4. The molecule has 61 heavy (non-hydrogen) atoms. The van der Waals surface area contributed by atoms with E-state index >= 15 is 0 Å². The molecule has 0 aromatic carbocycles. The van der Waals surface area contributed by atoms with Crippen molar-refractivity contribution in [1.82, 2.24) is 0 Å². The van der Waals surface area contributed by atoms with Crippen LogP contribution in [0.4, 0.5) is 0 Å². The molecule has 0 unspecified atom stereocenters. The molecule has 0 saturated heterocycles. The third-order valence-corrected chi connectivity index (χ3v) is 12.5. The highest BCUT2D eigenvalue weighted by Gasteiger charge is 2.19. The molecule has 362 valence electrons. The van der Waals surface area contributed by atoms with Crippen molar-refractivity contribution in [2.75, 3.05) is 13.2 Å². The summed E-state index contributed by atoms with van der Waals surface area (Å²) in [6.07, 6.45) is 52.3. The van der Waals surface area contributed by atoms with E-state index in [0.29, 0.717) is 19.3 Å². The fourth-order valence-electron chi connectivity index (χ4n) is 8.39. The highest BCUT2D eigenvalue weighted by atomic mass is 16.6. The number of hydrogen-bond donors (Lipinski definition) is 0. The Hall–Kier alpha value is -1.59. The molecule has 0 bridgehead atoms. The van der Waals surface area contributed by atoms with Crippen LogP contribution >= 0.6 is 0 Å². The average molecular weight is 863 g/mol. The number of ether oxygens (including phenoxy) is 3. The van der Waals surface area contributed by atoms with Gasteiger partial charge in [0.2, 0.25) is 0 Å². The summed E-state index contributed by atoms with van der Waals surface area (Å²) in [6.45, 7) is 9.03. The van der Waals surface area contributed by atoms with Gasteiger partial charge < -0.3 is 14.2 Å². The number of hydrogen-bond acceptors (Lipinski definition) is 6. The largest absolute Gasteiger partial charge is 0.462 e. The minimum absolute atomic E-state index is 0.0625. The van der Waals surface area contributed by atoms with Crippen LogP contribution in [0.2, 0.25) is 0 Å². The van der Waals surface area contributed by atoms with Gasteiger partial charge in [-0.1, -0.05) is 272 Å². The summed E-state index contributed by atoms with van der Waals surface area (Å²) in [5.41, 5.74) is 0. The molecule has 0 spiro atoms. The zero-order valence-corrected chi connectivity index (χ0v) is 41.6. The summed E-state index contributed by atoms with van der Waals surface area (Å²) in [7, 11) is 0. The van der Waals surface area contributed by atoms with E-state index in [9.17, 15) is 14.4 Å². The van der Waals surface area contributed by atoms with Crippen LogP contribution < -0.4 is 0 Å². The fraction of sp³-hybridized carbons (Fsp3) is 0.945. The Kier molecular flexibility index (Phi) is 48.1. The summed E-state index contributed by atoms with van der Waals surface area (Å²) in [6, 6.07) is 0. The maximum atomic E-state index is 12.8. The quantitative estimate of drug-likeness (QED) is 0.0344. The first kappa shape index (κ1) is 59.4. The third-order valence-electron chi connectivity index (χ3n) is 12.5. The van der Waals surface area contributed by atoms with Crippen molar-refractivity contribution in [2.24, 2.45) is 5.92 Å². The van der Waals surface area contributed by atoms with E-state index in [2.05, 4.69) is 27.7 Å². The molecule has 6 heteroatoms. The Bertz CT molecular complexity index is 918. The SMILES string of the molecule is CCCCCCCCCCCCCCCCCCCCC(=O)O[C@@H](COC(=O)CCCCCCCCCCCC)COC(=O)CCCCCCCCCCCCCCC(C)C. The van der Waals surface area contributed by atoms with Gasteiger partial charge in [0.1, 0.15) is 13.2 Å². The molecule has 0 N–H and O–H groups in total. The van der Waals surface area contributed by atoms with Crippen molar-refractivity contribution in [3.05, 3.63) is 0 Å². The Morgan fingerprint density at radius 3 is 0.803 bits per heavy atom. The van der Waals surface area contributed by atoms with E-state index < -0.39 is 6.10 Å². The maximum absolute atomic E-state index is 12.8. The van der Waals surface area contributed by atoms with Gasteiger partial charge in [-0.15, -0.1) is 0 Å². The summed E-state index contributed by atoms with van der Waals surface area (Å²) < 4.78 is 16.8. The van der Waals surface area contributed by atoms with E-state index in [1.165, 1.54) is 205 Å². The van der Waals surface area contributed by atoms with Crippen LogP contribution in [0.3, 0.4) is 0 Å². The predicted molar refractivity (Wildman–Crippen MR) is 261 cm³/mol. The number of unbranched alkanes of at least 4 members (excludes halogenated alkanes) is 37. The number of esters is 3. The van der Waals surface area contributed by atoms with Gasteiger partial charge in [0.05, 0.1) is 0 Å². The second-order valence-electron chi connectivity index (χ2n) is 19.3. The lowest BCUT2D eigenvalue weighted by atomic mass is 10.0. The average Bonchev–Trinajstić information content (AvgIpc) is 3.24. The summed E-state index contributed by atoms with van der Waals surface area (Å²) in [4.78, 5) is 38.0. The van der Waals surface area contributed by atoms with E-state index in [0.717, 1.165) is 63.7 Å². The molecule has 0 aromatic rings. The van der Waals surface area contributed by atoms with Crippen LogP contribution in [-0.2, 0) is 28.6 Å². The maximum Gasteiger partial charge on any atom is 0.306 e. The van der Waals surface area contributed by atoms with E-state index in [1.807, 2.05) is 0 Å². The first-order valence-electron chi connectivity index (χ1n) is 27.4. The normalized spacial score (nSPS) is 12.0. The number of carbonyl (C=O) groups excluding carboxylic acids is 3. The Morgan fingerprint density at radius 2 is 0.541 bits per heavy atom. The number of rotatable bonds is 50. The van der Waals surface area contributed by atoms with Gasteiger partial charge in [0.25, 0.3) is 0 Å². The highest BCUT2D eigenvalue weighted by molar-refractivity contribution is 5.71. The van der Waals surface area contributed by atoms with Crippen LogP contribution in [0, 0.1) is 5.92 Å². The smallest absolute Gasteiger partial charge is 0.306 e. The Labute approximate surface area is 380 Å². The lowest BCUT2D eigenvalue weighted by Gasteiger charge is -2.18. The zero-order valence-electron chi connectivity index (χ0n) is 41.6. The topological polar surface area (TPSA) is 78.9 Å². The summed E-state index contributed by atoms with van der Waals surface area (Å²) >= 11 is 0. The third kappa shape index (κ3) is 49.3. The van der Waals surface area contributed by atoms with Crippen molar-refractivity contribution in [3.8, 4) is 0 Å². The first-order chi connectivity index (χ1) is 29.9. The molecule has 0 aliphatic heterocycles. The van der Waals surface area contributed by atoms with E-state index in [4.69, 9.17) is 14.2 Å². The van der Waals surface area contributed by atoms with E-state index in [-0.39, 0.29) is 31.1 Å². The van der Waals surface area contributed by atoms with Gasteiger partial charge >= 0.3 is 17.9 Å². The second-order valence-corrected chi connectivity index (χ2v) is 19.3. The lowest BCUT2D eigenvalue weighted by molar-refractivity contribution is -0.167. The van der Waals surface area contributed by atoms with Crippen molar-refractivity contribution >= 4 is 17.9 Å². The molecule has 6 nitrogen and oxygen atoms in total. The van der Waals surface area contributed by atoms with Crippen LogP contribution in [-0.4, -0.2) is 37.2 Å². The molecule has 0 aliphatic rings. The molecule has 0 fully saturated rings. The minimum Gasteiger partial charge on any atom is -0.462 e. The van der Waals surface area contributed by atoms with Crippen molar-refractivity contribution in [2.45, 2.75) is 316 Å². The molecule has 0 aliphatic carbocycles. The van der Waals surface area contributed by atoms with Gasteiger partial charge in [-0.2, -0.15) is 0 Å². The molecule has 1 atom stereocenters. The summed E-state index contributed by atoms with van der Waals surface area (Å²) in [5, 5.41) is 0. The molecular formula is C55H106O6. The van der Waals surface area contributed by atoms with Crippen molar-refractivity contribution < 1.29 is 28.6 Å². The molecule has 0 rings (SSSR count). The van der Waals surface area contributed by atoms with Gasteiger partial charge in [-0.3, -0.25) is 14.4 Å². The van der Waals surface area contributed by atoms with Crippen LogP contribution in [0.5, 0.6) is 0 Å². The molecule has 0 heterocycles. The van der Waals surface area contributed by atoms with Crippen molar-refractivity contribution in [3.63, 3.8) is 0 Å². The van der Waals surface area contributed by atoms with Gasteiger partial charge in [-0.25, -0.2) is 0 Å². The highest BCUT2D eigenvalue weighted by Crippen LogP contribution is 2.17.